The summed E-state index contributed by atoms with van der Waals surface area (Å²) in [6, 6.07) is 8.73. The van der Waals surface area contributed by atoms with Crippen molar-refractivity contribution in [3.63, 3.8) is 0 Å². The molecule has 6 heteroatoms. The molecule has 0 spiro atoms. The Balaban J connectivity index is 1.99. The zero-order valence-electron chi connectivity index (χ0n) is 11.4. The molecule has 2 rings (SSSR count). The molecule has 1 aromatic carbocycles. The van der Waals surface area contributed by atoms with Crippen LogP contribution in [0.1, 0.15) is 18.9 Å². The summed E-state index contributed by atoms with van der Waals surface area (Å²) in [7, 11) is -3.51. The zero-order chi connectivity index (χ0) is 14.6. The van der Waals surface area contributed by atoms with E-state index in [1.807, 2.05) is 37.3 Å². The molecule has 0 heterocycles. The number of nitrogens with one attached hydrogen (secondary N) is 1. The van der Waals surface area contributed by atoms with Crippen LogP contribution in [0.5, 0.6) is 0 Å². The highest BCUT2D eigenvalue weighted by Gasteiger charge is 2.41. The fourth-order valence-corrected chi connectivity index (χ4v) is 3.27. The zero-order valence-corrected chi connectivity index (χ0v) is 12.2. The maximum absolute atomic E-state index is 12.0. The number of rotatable bonds is 6. The van der Waals surface area contributed by atoms with Gasteiger partial charge in [0.25, 0.3) is 0 Å². The summed E-state index contributed by atoms with van der Waals surface area (Å²) in [5.41, 5.74) is 6.66. The maximum atomic E-state index is 12.0. The van der Waals surface area contributed by atoms with E-state index in [9.17, 15) is 8.42 Å². The summed E-state index contributed by atoms with van der Waals surface area (Å²) in [5, 5.41) is 1.16. The van der Waals surface area contributed by atoms with Gasteiger partial charge in [-0.25, -0.2) is 13.1 Å². The third-order valence-corrected chi connectivity index (χ3v) is 4.38. The standard InChI is InChI=1S/C14H20N2O3S/c1-2-19-13-10-12(15)14(13)16-20(17,18)9-8-11-6-4-3-5-7-11/h3-9,12-14,16H,2,10,15H2,1H3. The summed E-state index contributed by atoms with van der Waals surface area (Å²) < 4.78 is 32.0. The highest BCUT2D eigenvalue weighted by Crippen LogP contribution is 2.23. The average molecular weight is 296 g/mol. The quantitative estimate of drug-likeness (QED) is 0.823. The summed E-state index contributed by atoms with van der Waals surface area (Å²) in [5.74, 6) is 0. The fraction of sp³-hybridized carbons (Fsp3) is 0.429. The van der Waals surface area contributed by atoms with E-state index in [-0.39, 0.29) is 18.2 Å². The van der Waals surface area contributed by atoms with Crippen LogP contribution in [0.4, 0.5) is 0 Å². The lowest BCUT2D eigenvalue weighted by Crippen LogP contribution is -2.64. The van der Waals surface area contributed by atoms with Gasteiger partial charge in [0.2, 0.25) is 10.0 Å². The van der Waals surface area contributed by atoms with Crippen LogP contribution in [-0.2, 0) is 14.8 Å². The first-order valence-corrected chi connectivity index (χ1v) is 8.19. The van der Waals surface area contributed by atoms with Gasteiger partial charge in [-0.15, -0.1) is 0 Å². The van der Waals surface area contributed by atoms with E-state index < -0.39 is 10.0 Å². The molecular formula is C14H20N2O3S. The summed E-state index contributed by atoms with van der Waals surface area (Å²) in [6.45, 7) is 2.43. The van der Waals surface area contributed by atoms with Crippen LogP contribution < -0.4 is 10.5 Å². The predicted octanol–water partition coefficient (Wildman–Crippen LogP) is 1.08. The molecule has 0 radical (unpaired) electrons. The molecule has 3 N–H and O–H groups in total. The van der Waals surface area contributed by atoms with Crippen molar-refractivity contribution >= 4 is 16.1 Å². The van der Waals surface area contributed by atoms with Crippen molar-refractivity contribution in [2.45, 2.75) is 31.5 Å². The van der Waals surface area contributed by atoms with Gasteiger partial charge in [-0.2, -0.15) is 0 Å². The van der Waals surface area contributed by atoms with Gasteiger partial charge in [0, 0.05) is 18.1 Å². The number of hydrogen-bond acceptors (Lipinski definition) is 4. The van der Waals surface area contributed by atoms with Gasteiger partial charge in [0.05, 0.1) is 12.1 Å². The van der Waals surface area contributed by atoms with Crippen LogP contribution in [0.2, 0.25) is 0 Å². The van der Waals surface area contributed by atoms with E-state index in [1.54, 1.807) is 6.08 Å². The average Bonchev–Trinajstić information content (AvgIpc) is 2.44. The molecule has 1 aliphatic rings. The van der Waals surface area contributed by atoms with E-state index in [2.05, 4.69) is 4.72 Å². The normalized spacial score (nSPS) is 26.6. The molecule has 3 unspecified atom stereocenters. The van der Waals surface area contributed by atoms with Crippen molar-refractivity contribution in [3.8, 4) is 0 Å². The first kappa shape index (κ1) is 15.2. The first-order chi connectivity index (χ1) is 9.52. The first-order valence-electron chi connectivity index (χ1n) is 6.64. The smallest absolute Gasteiger partial charge is 0.234 e. The van der Waals surface area contributed by atoms with Crippen molar-refractivity contribution in [1.82, 2.24) is 4.72 Å². The van der Waals surface area contributed by atoms with E-state index in [1.165, 1.54) is 0 Å². The van der Waals surface area contributed by atoms with Crippen molar-refractivity contribution in [2.24, 2.45) is 5.73 Å². The second-order valence-corrected chi connectivity index (χ2v) is 6.39. The Morgan fingerprint density at radius 1 is 1.40 bits per heavy atom. The molecule has 0 bridgehead atoms. The summed E-state index contributed by atoms with van der Waals surface area (Å²) in [6.07, 6.45) is 2.11. The van der Waals surface area contributed by atoms with Crippen molar-refractivity contribution in [3.05, 3.63) is 41.3 Å². The monoisotopic (exact) mass is 296 g/mol. The Labute approximate surface area is 119 Å². The van der Waals surface area contributed by atoms with Gasteiger partial charge < -0.3 is 10.5 Å². The molecule has 0 amide bonds. The molecule has 1 fully saturated rings. The molecule has 110 valence electrons. The number of benzene rings is 1. The molecule has 0 aromatic heterocycles. The van der Waals surface area contributed by atoms with Crippen LogP contribution in [0.3, 0.4) is 0 Å². The highest BCUT2D eigenvalue weighted by molar-refractivity contribution is 7.92. The largest absolute Gasteiger partial charge is 0.377 e. The molecule has 5 nitrogen and oxygen atoms in total. The van der Waals surface area contributed by atoms with Crippen molar-refractivity contribution < 1.29 is 13.2 Å². The second-order valence-electron chi connectivity index (χ2n) is 4.80. The maximum Gasteiger partial charge on any atom is 0.234 e. The third kappa shape index (κ3) is 3.89. The molecule has 1 aliphatic carbocycles. The number of sulfonamides is 1. The Hall–Kier alpha value is -1.21. The Bertz CT molecular complexity index is 555. The van der Waals surface area contributed by atoms with Crippen LogP contribution in [0, 0.1) is 0 Å². The Morgan fingerprint density at radius 3 is 2.70 bits per heavy atom. The van der Waals surface area contributed by atoms with Crippen LogP contribution in [-0.4, -0.2) is 33.2 Å². The van der Waals surface area contributed by atoms with E-state index in [0.29, 0.717) is 13.0 Å². The lowest BCUT2D eigenvalue weighted by molar-refractivity contribution is -0.0247. The van der Waals surface area contributed by atoms with Crippen LogP contribution in [0.25, 0.3) is 6.08 Å². The van der Waals surface area contributed by atoms with E-state index >= 15 is 0 Å². The molecule has 0 aliphatic heterocycles. The molecule has 0 saturated heterocycles. The Kier molecular flexibility index (Phi) is 4.93. The molecule has 1 saturated carbocycles. The van der Waals surface area contributed by atoms with Gasteiger partial charge in [0.1, 0.15) is 0 Å². The minimum absolute atomic E-state index is 0.130. The summed E-state index contributed by atoms with van der Waals surface area (Å²) in [4.78, 5) is 0. The van der Waals surface area contributed by atoms with E-state index in [4.69, 9.17) is 10.5 Å². The van der Waals surface area contributed by atoms with Crippen LogP contribution in [0.15, 0.2) is 35.7 Å². The molecule has 1 aromatic rings. The van der Waals surface area contributed by atoms with Crippen molar-refractivity contribution in [2.75, 3.05) is 6.61 Å². The van der Waals surface area contributed by atoms with Crippen LogP contribution >= 0.6 is 0 Å². The Morgan fingerprint density at radius 2 is 2.10 bits per heavy atom. The van der Waals surface area contributed by atoms with Crippen molar-refractivity contribution in [1.29, 1.82) is 0 Å². The lowest BCUT2D eigenvalue weighted by atomic mass is 9.84. The molecule has 20 heavy (non-hydrogen) atoms. The SMILES string of the molecule is CCOC1CC(N)C1NS(=O)(=O)C=Cc1ccccc1. The third-order valence-electron chi connectivity index (χ3n) is 3.29. The van der Waals surface area contributed by atoms with Gasteiger partial charge in [-0.1, -0.05) is 30.3 Å². The number of hydrogen-bond donors (Lipinski definition) is 2. The minimum Gasteiger partial charge on any atom is -0.377 e. The van der Waals surface area contributed by atoms with Gasteiger partial charge in [-0.3, -0.25) is 0 Å². The second kappa shape index (κ2) is 6.49. The molecule has 3 atom stereocenters. The highest BCUT2D eigenvalue weighted by atomic mass is 32.2. The molecular weight excluding hydrogens is 276 g/mol. The van der Waals surface area contributed by atoms with E-state index in [0.717, 1.165) is 11.0 Å². The topological polar surface area (TPSA) is 81.4 Å². The number of ether oxygens (including phenoxy) is 1. The summed E-state index contributed by atoms with van der Waals surface area (Å²) >= 11 is 0. The van der Waals surface area contributed by atoms with Gasteiger partial charge >= 0.3 is 0 Å². The van der Waals surface area contributed by atoms with Gasteiger partial charge in [-0.05, 0) is 25.0 Å². The fourth-order valence-electron chi connectivity index (χ4n) is 2.15. The minimum atomic E-state index is -3.51. The number of nitrogens with two attached hydrogens (primary N) is 1. The predicted molar refractivity (Wildman–Crippen MR) is 79.3 cm³/mol. The van der Waals surface area contributed by atoms with Gasteiger partial charge in [0.15, 0.2) is 0 Å². The lowest BCUT2D eigenvalue weighted by Gasteiger charge is -2.41.